The van der Waals surface area contributed by atoms with E-state index < -0.39 is 5.97 Å². The van der Waals surface area contributed by atoms with Gasteiger partial charge in [-0.25, -0.2) is 0 Å². The lowest BCUT2D eigenvalue weighted by molar-refractivity contribution is -0.138. The number of carbonyl (C=O) groups excluding carboxylic acids is 1. The molecule has 0 bridgehead atoms. The molecule has 116 valence electrons. The number of phenols is 1. The van der Waals surface area contributed by atoms with Crippen LogP contribution in [0.25, 0.3) is 0 Å². The molecule has 0 aliphatic rings. The van der Waals surface area contributed by atoms with E-state index in [1.54, 1.807) is 0 Å². The van der Waals surface area contributed by atoms with Crippen LogP contribution in [0.2, 0.25) is 5.02 Å². The second-order valence-electron chi connectivity index (χ2n) is 5.47. The van der Waals surface area contributed by atoms with Crippen LogP contribution in [0.1, 0.15) is 37.0 Å². The summed E-state index contributed by atoms with van der Waals surface area (Å²) in [5.74, 6) is -1.05. The van der Waals surface area contributed by atoms with Gasteiger partial charge in [-0.3, -0.25) is 9.59 Å². The minimum absolute atomic E-state index is 0.0226. The van der Waals surface area contributed by atoms with E-state index in [0.717, 1.165) is 6.42 Å². The largest absolute Gasteiger partial charge is 0.506 e. The summed E-state index contributed by atoms with van der Waals surface area (Å²) in [6.45, 7) is 4.31. The molecule has 0 saturated carbocycles. The molecule has 1 aromatic rings. The average molecular weight is 314 g/mol. The fourth-order valence-electron chi connectivity index (χ4n) is 2.14. The van der Waals surface area contributed by atoms with Crippen molar-refractivity contribution in [2.45, 2.75) is 26.7 Å². The van der Waals surface area contributed by atoms with E-state index in [0.29, 0.717) is 18.0 Å². The molecule has 1 rings (SSSR count). The topological polar surface area (TPSA) is 86.6 Å². The van der Waals surface area contributed by atoms with Crippen molar-refractivity contribution in [3.8, 4) is 5.75 Å². The molecular weight excluding hydrogens is 294 g/mol. The van der Waals surface area contributed by atoms with Crippen LogP contribution in [0.4, 0.5) is 0 Å². The number of halogens is 1. The first-order valence-corrected chi connectivity index (χ1v) is 7.16. The van der Waals surface area contributed by atoms with Crippen molar-refractivity contribution in [2.24, 2.45) is 11.8 Å². The third kappa shape index (κ3) is 6.04. The first kappa shape index (κ1) is 17.3. The van der Waals surface area contributed by atoms with Crippen molar-refractivity contribution >= 4 is 23.5 Å². The van der Waals surface area contributed by atoms with Gasteiger partial charge < -0.3 is 15.5 Å². The third-order valence-corrected chi connectivity index (χ3v) is 3.33. The molecular formula is C15H20ClNO4. The SMILES string of the molecule is CC(C)C[C@H](CNC(=O)c1ccc(O)c(Cl)c1)CC(=O)O. The molecule has 21 heavy (non-hydrogen) atoms. The van der Waals surface area contributed by atoms with Crippen molar-refractivity contribution < 1.29 is 19.8 Å². The van der Waals surface area contributed by atoms with Crippen LogP contribution in [0.5, 0.6) is 5.75 Å². The molecule has 0 heterocycles. The molecule has 5 nitrogen and oxygen atoms in total. The highest BCUT2D eigenvalue weighted by Crippen LogP contribution is 2.23. The Morgan fingerprint density at radius 1 is 1.33 bits per heavy atom. The van der Waals surface area contributed by atoms with Gasteiger partial charge in [0.25, 0.3) is 5.91 Å². The number of hydrogen-bond acceptors (Lipinski definition) is 3. The van der Waals surface area contributed by atoms with Gasteiger partial charge in [0.15, 0.2) is 0 Å². The third-order valence-electron chi connectivity index (χ3n) is 3.03. The Hall–Kier alpha value is -1.75. The van der Waals surface area contributed by atoms with Crippen molar-refractivity contribution in [1.82, 2.24) is 5.32 Å². The highest BCUT2D eigenvalue weighted by molar-refractivity contribution is 6.32. The van der Waals surface area contributed by atoms with Crippen molar-refractivity contribution in [3.63, 3.8) is 0 Å². The summed E-state index contributed by atoms with van der Waals surface area (Å²) in [7, 11) is 0. The van der Waals surface area contributed by atoms with Crippen LogP contribution in [0.15, 0.2) is 18.2 Å². The molecule has 6 heteroatoms. The fourth-order valence-corrected chi connectivity index (χ4v) is 2.32. The fraction of sp³-hybridized carbons (Fsp3) is 0.467. The second kappa shape index (κ2) is 7.88. The number of carbonyl (C=O) groups is 2. The van der Waals surface area contributed by atoms with E-state index in [1.807, 2.05) is 13.8 Å². The maximum atomic E-state index is 12.0. The summed E-state index contributed by atoms with van der Waals surface area (Å²) < 4.78 is 0. The standard InChI is InChI=1S/C15H20ClNO4/c1-9(2)5-10(6-14(19)20)8-17-15(21)11-3-4-13(18)12(16)7-11/h3-4,7,9-10,18H,5-6,8H2,1-2H3,(H,17,21)(H,19,20)/t10-/m0/s1. The van der Waals surface area contributed by atoms with Gasteiger partial charge in [0.05, 0.1) is 5.02 Å². The normalized spacial score (nSPS) is 12.2. The Morgan fingerprint density at radius 3 is 2.52 bits per heavy atom. The van der Waals surface area contributed by atoms with Crippen LogP contribution in [-0.4, -0.2) is 28.6 Å². The Kier molecular flexibility index (Phi) is 6.49. The maximum absolute atomic E-state index is 12.0. The molecule has 0 radical (unpaired) electrons. The maximum Gasteiger partial charge on any atom is 0.303 e. The quantitative estimate of drug-likeness (QED) is 0.722. The number of hydrogen-bond donors (Lipinski definition) is 3. The van der Waals surface area contributed by atoms with E-state index in [2.05, 4.69) is 5.32 Å². The Bertz CT molecular complexity index is 516. The Labute approximate surface area is 128 Å². The predicted molar refractivity (Wildman–Crippen MR) is 80.6 cm³/mol. The van der Waals surface area contributed by atoms with Gasteiger partial charge in [-0.05, 0) is 36.5 Å². The van der Waals surface area contributed by atoms with Gasteiger partial charge in [0.2, 0.25) is 0 Å². The Morgan fingerprint density at radius 2 is 2.00 bits per heavy atom. The number of amides is 1. The summed E-state index contributed by atoms with van der Waals surface area (Å²) in [6.07, 6.45) is 0.748. The molecule has 1 amide bonds. The lowest BCUT2D eigenvalue weighted by Gasteiger charge is -2.17. The van der Waals surface area contributed by atoms with E-state index in [9.17, 15) is 14.7 Å². The number of rotatable bonds is 7. The number of phenolic OH excluding ortho intramolecular Hbond substituents is 1. The molecule has 1 aromatic carbocycles. The smallest absolute Gasteiger partial charge is 0.303 e. The van der Waals surface area contributed by atoms with Gasteiger partial charge in [0, 0.05) is 18.5 Å². The van der Waals surface area contributed by atoms with Crippen LogP contribution in [-0.2, 0) is 4.79 Å². The summed E-state index contributed by atoms with van der Waals surface area (Å²) in [4.78, 5) is 22.8. The zero-order chi connectivity index (χ0) is 16.0. The van der Waals surface area contributed by atoms with Crippen molar-refractivity contribution in [1.29, 1.82) is 0 Å². The minimum atomic E-state index is -0.873. The molecule has 0 fully saturated rings. The molecule has 1 atom stereocenters. The molecule has 0 aromatic heterocycles. The van der Waals surface area contributed by atoms with Crippen LogP contribution < -0.4 is 5.32 Å². The molecule has 0 aliphatic heterocycles. The average Bonchev–Trinajstić information content (AvgIpc) is 2.37. The highest BCUT2D eigenvalue weighted by atomic mass is 35.5. The first-order chi connectivity index (χ1) is 9.79. The second-order valence-corrected chi connectivity index (χ2v) is 5.88. The van der Waals surface area contributed by atoms with Gasteiger partial charge in [-0.1, -0.05) is 25.4 Å². The van der Waals surface area contributed by atoms with Gasteiger partial charge in [-0.2, -0.15) is 0 Å². The molecule has 0 saturated heterocycles. The number of carboxylic acids is 1. The summed E-state index contributed by atoms with van der Waals surface area (Å²) in [5.41, 5.74) is 0.330. The van der Waals surface area contributed by atoms with Gasteiger partial charge >= 0.3 is 5.97 Å². The van der Waals surface area contributed by atoms with E-state index >= 15 is 0 Å². The highest BCUT2D eigenvalue weighted by Gasteiger charge is 2.17. The number of nitrogens with one attached hydrogen (secondary N) is 1. The lowest BCUT2D eigenvalue weighted by Crippen LogP contribution is -2.31. The number of aromatic hydroxyl groups is 1. The number of carboxylic acid groups (broad SMARTS) is 1. The monoisotopic (exact) mass is 313 g/mol. The van der Waals surface area contributed by atoms with Gasteiger partial charge in [0.1, 0.15) is 5.75 Å². The van der Waals surface area contributed by atoms with E-state index in [1.165, 1.54) is 18.2 Å². The van der Waals surface area contributed by atoms with Crippen LogP contribution >= 0.6 is 11.6 Å². The van der Waals surface area contributed by atoms with E-state index in [4.69, 9.17) is 16.7 Å². The van der Waals surface area contributed by atoms with Crippen LogP contribution in [0.3, 0.4) is 0 Å². The van der Waals surface area contributed by atoms with Crippen molar-refractivity contribution in [3.05, 3.63) is 28.8 Å². The zero-order valence-corrected chi connectivity index (χ0v) is 12.9. The lowest BCUT2D eigenvalue weighted by atomic mass is 9.94. The summed E-state index contributed by atoms with van der Waals surface area (Å²) >= 11 is 5.75. The minimum Gasteiger partial charge on any atom is -0.506 e. The number of aliphatic carboxylic acids is 1. The van der Waals surface area contributed by atoms with Crippen LogP contribution in [0, 0.1) is 11.8 Å². The molecule has 0 spiro atoms. The van der Waals surface area contributed by atoms with Crippen molar-refractivity contribution in [2.75, 3.05) is 6.54 Å². The summed E-state index contributed by atoms with van der Waals surface area (Å²) in [5, 5.41) is 21.0. The van der Waals surface area contributed by atoms with E-state index in [-0.39, 0.29) is 29.0 Å². The summed E-state index contributed by atoms with van der Waals surface area (Å²) in [6, 6.07) is 4.19. The molecule has 0 unspecified atom stereocenters. The Balaban J connectivity index is 2.63. The zero-order valence-electron chi connectivity index (χ0n) is 12.1. The molecule has 3 N–H and O–H groups in total. The first-order valence-electron chi connectivity index (χ1n) is 6.78. The van der Waals surface area contributed by atoms with Gasteiger partial charge in [-0.15, -0.1) is 0 Å². The predicted octanol–water partition coefficient (Wildman–Crippen LogP) is 2.91. The molecule has 0 aliphatic carbocycles. The number of benzene rings is 1.